The molecule has 4 nitrogen and oxygen atoms in total. The predicted molar refractivity (Wildman–Crippen MR) is 68.5 cm³/mol. The van der Waals surface area contributed by atoms with E-state index < -0.39 is 0 Å². The van der Waals surface area contributed by atoms with Gasteiger partial charge in [0.2, 0.25) is 5.91 Å². The molecule has 2 N–H and O–H groups in total. The Hall–Kier alpha value is -0.850. The molecule has 0 saturated heterocycles. The molecule has 0 aromatic carbocycles. The van der Waals surface area contributed by atoms with Crippen LogP contribution in [0.1, 0.15) is 20.3 Å². The number of amides is 1. The number of halogens is 1. The number of aromatic nitrogens is 2. The van der Waals surface area contributed by atoms with Gasteiger partial charge in [-0.15, -0.1) is 6.58 Å². The summed E-state index contributed by atoms with van der Waals surface area (Å²) < 4.78 is 0.906. The summed E-state index contributed by atoms with van der Waals surface area (Å²) in [6.45, 7) is 7.59. The molecular weight excluding hydrogens is 305 g/mol. The molecule has 0 aliphatic heterocycles. The molecule has 1 heterocycles. The van der Waals surface area contributed by atoms with E-state index in [1.807, 2.05) is 13.8 Å². The number of carbonyl (C=O) groups is 1. The Labute approximate surface area is 103 Å². The molecule has 0 radical (unpaired) electrons. The second-order valence-corrected chi connectivity index (χ2v) is 4.81. The third-order valence-electron chi connectivity index (χ3n) is 1.94. The predicted octanol–water partition coefficient (Wildman–Crippen LogP) is 2.56. The first-order chi connectivity index (χ1) is 7.00. The van der Waals surface area contributed by atoms with Crippen LogP contribution in [-0.4, -0.2) is 16.1 Å². The maximum absolute atomic E-state index is 11.7. The van der Waals surface area contributed by atoms with E-state index in [4.69, 9.17) is 0 Å². The lowest BCUT2D eigenvalue weighted by Crippen LogP contribution is -2.21. The quantitative estimate of drug-likeness (QED) is 0.662. The van der Waals surface area contributed by atoms with Crippen molar-refractivity contribution in [3.63, 3.8) is 0 Å². The van der Waals surface area contributed by atoms with Crippen molar-refractivity contribution < 1.29 is 4.79 Å². The summed E-state index contributed by atoms with van der Waals surface area (Å²) in [5, 5.41) is 9.35. The molecule has 0 bridgehead atoms. The maximum Gasteiger partial charge on any atom is 0.228 e. The first-order valence-electron chi connectivity index (χ1n) is 4.64. The SMILES string of the molecule is C=C(C)CC(C)C(=O)Nc1[nH]ncc1I. The van der Waals surface area contributed by atoms with Crippen LogP contribution in [0.15, 0.2) is 18.3 Å². The van der Waals surface area contributed by atoms with E-state index in [0.717, 1.165) is 9.14 Å². The van der Waals surface area contributed by atoms with Crippen molar-refractivity contribution in [2.45, 2.75) is 20.3 Å². The molecule has 0 saturated carbocycles. The Bertz CT molecular complexity index is 372. The minimum absolute atomic E-state index is 0.0137. The van der Waals surface area contributed by atoms with Crippen LogP contribution in [0, 0.1) is 9.49 Å². The van der Waals surface area contributed by atoms with Crippen molar-refractivity contribution in [2.24, 2.45) is 5.92 Å². The summed E-state index contributed by atoms with van der Waals surface area (Å²) in [7, 11) is 0. The third-order valence-corrected chi connectivity index (χ3v) is 2.76. The minimum Gasteiger partial charge on any atom is -0.310 e. The van der Waals surface area contributed by atoms with Crippen molar-refractivity contribution in [3.05, 3.63) is 21.9 Å². The molecule has 0 fully saturated rings. The largest absolute Gasteiger partial charge is 0.310 e. The van der Waals surface area contributed by atoms with Crippen molar-refractivity contribution >= 4 is 34.3 Å². The summed E-state index contributed by atoms with van der Waals surface area (Å²) in [5.41, 5.74) is 1.01. The Morgan fingerprint density at radius 1 is 1.80 bits per heavy atom. The fourth-order valence-electron chi connectivity index (χ4n) is 1.22. The van der Waals surface area contributed by atoms with Gasteiger partial charge < -0.3 is 5.32 Å². The summed E-state index contributed by atoms with van der Waals surface area (Å²) in [5.74, 6) is 0.580. The normalized spacial score (nSPS) is 12.2. The number of hydrogen-bond donors (Lipinski definition) is 2. The summed E-state index contributed by atoms with van der Waals surface area (Å²) in [4.78, 5) is 11.7. The molecule has 1 unspecified atom stereocenters. The number of H-pyrrole nitrogens is 1. The summed E-state index contributed by atoms with van der Waals surface area (Å²) in [6, 6.07) is 0. The molecule has 1 amide bonds. The first-order valence-corrected chi connectivity index (χ1v) is 5.72. The zero-order chi connectivity index (χ0) is 11.4. The maximum atomic E-state index is 11.7. The van der Waals surface area contributed by atoms with Crippen molar-refractivity contribution in [3.8, 4) is 0 Å². The van der Waals surface area contributed by atoms with Crippen LogP contribution >= 0.6 is 22.6 Å². The van der Waals surface area contributed by atoms with Crippen molar-refractivity contribution in [2.75, 3.05) is 5.32 Å². The highest BCUT2D eigenvalue weighted by Gasteiger charge is 2.14. The average molecular weight is 319 g/mol. The highest BCUT2D eigenvalue weighted by molar-refractivity contribution is 14.1. The number of nitrogens with zero attached hydrogens (tertiary/aromatic N) is 1. The average Bonchev–Trinajstić information content (AvgIpc) is 2.50. The number of rotatable bonds is 4. The van der Waals surface area contributed by atoms with Crippen molar-refractivity contribution in [1.29, 1.82) is 0 Å². The Balaban J connectivity index is 2.56. The molecule has 0 aliphatic carbocycles. The fourth-order valence-corrected chi connectivity index (χ4v) is 1.62. The zero-order valence-electron chi connectivity index (χ0n) is 8.80. The number of allylic oxidation sites excluding steroid dienone is 1. The van der Waals surface area contributed by atoms with Crippen LogP contribution in [0.25, 0.3) is 0 Å². The van der Waals surface area contributed by atoms with Gasteiger partial charge in [-0.25, -0.2) is 0 Å². The van der Waals surface area contributed by atoms with E-state index in [1.54, 1.807) is 6.20 Å². The van der Waals surface area contributed by atoms with Crippen LogP contribution in [-0.2, 0) is 4.79 Å². The lowest BCUT2D eigenvalue weighted by Gasteiger charge is -2.10. The van der Waals surface area contributed by atoms with E-state index in [1.165, 1.54) is 0 Å². The lowest BCUT2D eigenvalue weighted by atomic mass is 10.0. The monoisotopic (exact) mass is 319 g/mol. The van der Waals surface area contributed by atoms with Gasteiger partial charge in [-0.3, -0.25) is 9.89 Å². The Morgan fingerprint density at radius 2 is 2.47 bits per heavy atom. The van der Waals surface area contributed by atoms with Gasteiger partial charge in [0.05, 0.1) is 9.77 Å². The number of aromatic amines is 1. The van der Waals surface area contributed by atoms with Crippen LogP contribution in [0.2, 0.25) is 0 Å². The molecule has 0 spiro atoms. The van der Waals surface area contributed by atoms with Crippen LogP contribution in [0.4, 0.5) is 5.82 Å². The van der Waals surface area contributed by atoms with Gasteiger partial charge in [-0.1, -0.05) is 12.5 Å². The number of nitrogens with one attached hydrogen (secondary N) is 2. The molecule has 5 heteroatoms. The second kappa shape index (κ2) is 5.29. The fraction of sp³-hybridized carbons (Fsp3) is 0.400. The second-order valence-electron chi connectivity index (χ2n) is 3.64. The Morgan fingerprint density at radius 3 is 2.93 bits per heavy atom. The molecule has 1 aromatic heterocycles. The van der Waals surface area contributed by atoms with E-state index in [0.29, 0.717) is 12.2 Å². The smallest absolute Gasteiger partial charge is 0.228 e. The molecule has 0 aliphatic rings. The summed E-state index contributed by atoms with van der Waals surface area (Å²) in [6.07, 6.45) is 2.37. The van der Waals surface area contributed by atoms with Gasteiger partial charge in [0.1, 0.15) is 5.82 Å². The third kappa shape index (κ3) is 3.65. The Kier molecular flexibility index (Phi) is 4.31. The molecular formula is C10H14IN3O. The molecule has 1 rings (SSSR count). The zero-order valence-corrected chi connectivity index (χ0v) is 11.0. The number of carbonyl (C=O) groups excluding carboxylic acids is 1. The van der Waals surface area contributed by atoms with Crippen LogP contribution in [0.3, 0.4) is 0 Å². The number of hydrogen-bond acceptors (Lipinski definition) is 2. The van der Waals surface area contributed by atoms with Crippen LogP contribution < -0.4 is 5.32 Å². The molecule has 82 valence electrons. The van der Waals surface area contributed by atoms with E-state index in [9.17, 15) is 4.79 Å². The van der Waals surface area contributed by atoms with Crippen molar-refractivity contribution in [1.82, 2.24) is 10.2 Å². The van der Waals surface area contributed by atoms with Gasteiger partial charge in [-0.05, 0) is 35.9 Å². The first kappa shape index (κ1) is 12.2. The van der Waals surface area contributed by atoms with Gasteiger partial charge in [0, 0.05) is 5.92 Å². The minimum atomic E-state index is -0.0680. The molecule has 1 atom stereocenters. The van der Waals surface area contributed by atoms with E-state index >= 15 is 0 Å². The topological polar surface area (TPSA) is 57.8 Å². The van der Waals surface area contributed by atoms with Gasteiger partial charge in [0.15, 0.2) is 0 Å². The van der Waals surface area contributed by atoms with Gasteiger partial charge in [0.25, 0.3) is 0 Å². The standard InChI is InChI=1S/C10H14IN3O/c1-6(2)4-7(3)10(15)13-9-8(11)5-12-14-9/h5,7H,1,4H2,2-3H3,(H2,12,13,14,15). The van der Waals surface area contributed by atoms with Gasteiger partial charge in [-0.2, -0.15) is 5.10 Å². The summed E-state index contributed by atoms with van der Waals surface area (Å²) >= 11 is 2.11. The van der Waals surface area contributed by atoms with E-state index in [2.05, 4.69) is 44.7 Å². The highest BCUT2D eigenvalue weighted by Crippen LogP contribution is 2.16. The van der Waals surface area contributed by atoms with Crippen LogP contribution in [0.5, 0.6) is 0 Å². The number of anilines is 1. The molecule has 1 aromatic rings. The van der Waals surface area contributed by atoms with Gasteiger partial charge >= 0.3 is 0 Å². The molecule has 15 heavy (non-hydrogen) atoms. The van der Waals surface area contributed by atoms with E-state index in [-0.39, 0.29) is 11.8 Å². The lowest BCUT2D eigenvalue weighted by molar-refractivity contribution is -0.119. The highest BCUT2D eigenvalue weighted by atomic mass is 127.